The van der Waals surface area contributed by atoms with Gasteiger partial charge in [0.05, 0.1) is 11.0 Å². The van der Waals surface area contributed by atoms with Gasteiger partial charge < -0.3 is 9.84 Å². The topological polar surface area (TPSA) is 72.6 Å². The average Bonchev–Trinajstić information content (AvgIpc) is 2.30. The van der Waals surface area contributed by atoms with Crippen LogP contribution < -0.4 is 4.74 Å². The molecular weight excluding hydrogens is 253 g/mol. The maximum Gasteiger partial charge on any atom is 0.272 e. The molecule has 0 amide bonds. The van der Waals surface area contributed by atoms with Gasteiger partial charge in [0.25, 0.3) is 5.69 Å². The van der Waals surface area contributed by atoms with E-state index in [4.69, 9.17) is 4.74 Å². The lowest BCUT2D eigenvalue weighted by Gasteiger charge is -2.08. The number of nitro groups is 1. The van der Waals surface area contributed by atoms with Crippen molar-refractivity contribution in [2.45, 2.75) is 6.92 Å². The fourth-order valence-electron chi connectivity index (χ4n) is 1.60. The molecule has 0 bridgehead atoms. The van der Waals surface area contributed by atoms with Gasteiger partial charge in [0, 0.05) is 12.1 Å². The maximum absolute atomic E-state index is 13.6. The van der Waals surface area contributed by atoms with Gasteiger partial charge in [-0.25, -0.2) is 4.39 Å². The highest BCUT2D eigenvalue weighted by atomic mass is 19.1. The molecule has 2 aromatic carbocycles. The summed E-state index contributed by atoms with van der Waals surface area (Å²) >= 11 is 0. The largest absolute Gasteiger partial charge is 0.508 e. The van der Waals surface area contributed by atoms with Crippen molar-refractivity contribution < 1.29 is 19.2 Å². The summed E-state index contributed by atoms with van der Waals surface area (Å²) in [6, 6.07) is 7.57. The van der Waals surface area contributed by atoms with Crippen molar-refractivity contribution in [1.29, 1.82) is 0 Å². The van der Waals surface area contributed by atoms with Crippen molar-refractivity contribution in [2.24, 2.45) is 0 Å². The van der Waals surface area contributed by atoms with E-state index in [2.05, 4.69) is 0 Å². The van der Waals surface area contributed by atoms with Gasteiger partial charge in [-0.1, -0.05) is 0 Å². The van der Waals surface area contributed by atoms with Crippen LogP contribution in [0.1, 0.15) is 5.56 Å². The first-order chi connectivity index (χ1) is 8.95. The Morgan fingerprint density at radius 2 is 2.00 bits per heavy atom. The number of aryl methyl sites for hydroxylation is 1. The highest BCUT2D eigenvalue weighted by Crippen LogP contribution is 2.30. The number of phenols is 1. The molecule has 0 heterocycles. The molecule has 0 saturated heterocycles. The summed E-state index contributed by atoms with van der Waals surface area (Å²) in [4.78, 5) is 9.79. The van der Waals surface area contributed by atoms with Gasteiger partial charge >= 0.3 is 0 Å². The second-order valence-corrected chi connectivity index (χ2v) is 3.98. The van der Waals surface area contributed by atoms with Gasteiger partial charge in [-0.15, -0.1) is 0 Å². The van der Waals surface area contributed by atoms with Crippen LogP contribution in [0.15, 0.2) is 36.4 Å². The predicted molar refractivity (Wildman–Crippen MR) is 66.0 cm³/mol. The van der Waals surface area contributed by atoms with E-state index >= 15 is 0 Å². The summed E-state index contributed by atoms with van der Waals surface area (Å²) in [7, 11) is 0. The van der Waals surface area contributed by atoms with Crippen LogP contribution in [0, 0.1) is 22.9 Å². The summed E-state index contributed by atoms with van der Waals surface area (Å²) in [6.45, 7) is 1.75. The van der Waals surface area contributed by atoms with Crippen molar-refractivity contribution in [1.82, 2.24) is 0 Å². The second kappa shape index (κ2) is 4.93. The Kier molecular flexibility index (Phi) is 3.33. The number of hydrogen-bond acceptors (Lipinski definition) is 4. The molecule has 5 nitrogen and oxygen atoms in total. The van der Waals surface area contributed by atoms with Gasteiger partial charge in [0.1, 0.15) is 11.5 Å². The molecule has 0 atom stereocenters. The lowest BCUT2D eigenvalue weighted by Crippen LogP contribution is -1.92. The number of ether oxygens (including phenoxy) is 1. The maximum atomic E-state index is 13.6. The molecule has 1 N–H and O–H groups in total. The molecule has 0 saturated carbocycles. The highest BCUT2D eigenvalue weighted by molar-refractivity contribution is 5.42. The van der Waals surface area contributed by atoms with Gasteiger partial charge in [-0.3, -0.25) is 10.1 Å². The minimum Gasteiger partial charge on any atom is -0.508 e. The minimum absolute atomic E-state index is 0.00248. The van der Waals surface area contributed by atoms with E-state index < -0.39 is 10.7 Å². The van der Waals surface area contributed by atoms with Gasteiger partial charge in [-0.05, 0) is 30.7 Å². The fourth-order valence-corrected chi connectivity index (χ4v) is 1.60. The minimum atomic E-state index is -0.838. The third-order valence-corrected chi connectivity index (χ3v) is 2.39. The van der Waals surface area contributed by atoms with E-state index in [1.807, 2.05) is 0 Å². The molecule has 2 rings (SSSR count). The van der Waals surface area contributed by atoms with Crippen molar-refractivity contribution >= 4 is 5.69 Å². The average molecular weight is 263 g/mol. The number of nitro benzene ring substituents is 1. The van der Waals surface area contributed by atoms with Crippen LogP contribution in [0.3, 0.4) is 0 Å². The molecule has 0 aliphatic heterocycles. The van der Waals surface area contributed by atoms with Crippen LogP contribution in [0.5, 0.6) is 17.2 Å². The van der Waals surface area contributed by atoms with E-state index in [0.29, 0.717) is 0 Å². The van der Waals surface area contributed by atoms with Crippen LogP contribution in [-0.4, -0.2) is 10.0 Å². The summed E-state index contributed by atoms with van der Waals surface area (Å²) in [5, 5.41) is 19.9. The van der Waals surface area contributed by atoms with E-state index in [-0.39, 0.29) is 22.9 Å². The zero-order valence-electron chi connectivity index (χ0n) is 9.96. The number of halogens is 1. The Morgan fingerprint density at radius 3 is 2.58 bits per heavy atom. The van der Waals surface area contributed by atoms with Crippen molar-refractivity contribution in [3.63, 3.8) is 0 Å². The molecule has 6 heteroatoms. The Morgan fingerprint density at radius 1 is 1.26 bits per heavy atom. The SMILES string of the molecule is Cc1cc(O)cc(Oc2ccc([N+](=O)[O-])cc2F)c1. The van der Waals surface area contributed by atoms with E-state index in [9.17, 15) is 19.6 Å². The Bertz CT molecular complexity index is 622. The first-order valence-corrected chi connectivity index (χ1v) is 5.38. The van der Waals surface area contributed by atoms with E-state index in [0.717, 1.165) is 17.7 Å². The number of nitrogens with zero attached hydrogens (tertiary/aromatic N) is 1. The van der Waals surface area contributed by atoms with Crippen LogP contribution in [0.25, 0.3) is 0 Å². The lowest BCUT2D eigenvalue weighted by molar-refractivity contribution is -0.385. The number of aromatic hydroxyl groups is 1. The van der Waals surface area contributed by atoms with Gasteiger partial charge in [-0.2, -0.15) is 0 Å². The summed E-state index contributed by atoms with van der Waals surface area (Å²) < 4.78 is 18.9. The zero-order chi connectivity index (χ0) is 14.0. The van der Waals surface area contributed by atoms with Crippen LogP contribution in [0.2, 0.25) is 0 Å². The van der Waals surface area contributed by atoms with Crippen LogP contribution in [-0.2, 0) is 0 Å². The lowest BCUT2D eigenvalue weighted by atomic mass is 10.2. The molecule has 2 aromatic rings. The number of phenolic OH excluding ortho intramolecular Hbond substituents is 1. The molecular formula is C13H10FNO4. The number of rotatable bonds is 3. The summed E-state index contributed by atoms with van der Waals surface area (Å²) in [6.07, 6.45) is 0. The van der Waals surface area contributed by atoms with Gasteiger partial charge in [0.2, 0.25) is 0 Å². The molecule has 0 fully saturated rings. The second-order valence-electron chi connectivity index (χ2n) is 3.98. The summed E-state index contributed by atoms with van der Waals surface area (Å²) in [5.74, 6) is -0.728. The normalized spacial score (nSPS) is 10.2. The van der Waals surface area contributed by atoms with Crippen molar-refractivity contribution in [3.8, 4) is 17.2 Å². The smallest absolute Gasteiger partial charge is 0.272 e. The van der Waals surface area contributed by atoms with Crippen molar-refractivity contribution in [2.75, 3.05) is 0 Å². The van der Waals surface area contributed by atoms with E-state index in [1.54, 1.807) is 13.0 Å². The standard InChI is InChI=1S/C13H10FNO4/c1-8-4-10(16)7-11(5-8)19-13-3-2-9(15(17)18)6-12(13)14/h2-7,16H,1H3. The molecule has 98 valence electrons. The Hall–Kier alpha value is -2.63. The predicted octanol–water partition coefficient (Wildman–Crippen LogP) is 3.54. The number of benzene rings is 2. The first kappa shape index (κ1) is 12.8. The van der Waals surface area contributed by atoms with Crippen LogP contribution in [0.4, 0.5) is 10.1 Å². The quantitative estimate of drug-likeness (QED) is 0.679. The Balaban J connectivity index is 2.30. The molecule has 0 aromatic heterocycles. The molecule has 0 aliphatic rings. The van der Waals surface area contributed by atoms with Gasteiger partial charge in [0.15, 0.2) is 11.6 Å². The molecule has 0 spiro atoms. The van der Waals surface area contributed by atoms with Crippen molar-refractivity contribution in [3.05, 3.63) is 57.9 Å². The number of non-ortho nitro benzene ring substituents is 1. The molecule has 0 aliphatic carbocycles. The Labute approximate surface area is 108 Å². The van der Waals surface area contributed by atoms with E-state index in [1.165, 1.54) is 18.2 Å². The first-order valence-electron chi connectivity index (χ1n) is 5.38. The zero-order valence-corrected chi connectivity index (χ0v) is 9.96. The highest BCUT2D eigenvalue weighted by Gasteiger charge is 2.12. The third-order valence-electron chi connectivity index (χ3n) is 2.39. The summed E-state index contributed by atoms with van der Waals surface area (Å²) in [5.41, 5.74) is 0.397. The molecule has 19 heavy (non-hydrogen) atoms. The third kappa shape index (κ3) is 2.98. The van der Waals surface area contributed by atoms with Crippen LogP contribution >= 0.6 is 0 Å². The fraction of sp³-hybridized carbons (Fsp3) is 0.0769. The molecule has 0 unspecified atom stereocenters. The monoisotopic (exact) mass is 263 g/mol. The molecule has 0 radical (unpaired) electrons. The number of hydrogen-bond donors (Lipinski definition) is 1.